The van der Waals surface area contributed by atoms with Gasteiger partial charge in [0.2, 0.25) is 0 Å². The van der Waals surface area contributed by atoms with Gasteiger partial charge in [0.15, 0.2) is 5.58 Å². The molecule has 0 amide bonds. The minimum atomic E-state index is -0.461. The van der Waals surface area contributed by atoms with Gasteiger partial charge in [-0.2, -0.15) is 0 Å². The molecule has 0 N–H and O–H groups in total. The normalized spacial score (nSPS) is 10.9. The molecule has 124 valence electrons. The summed E-state index contributed by atoms with van der Waals surface area (Å²) in [6.45, 7) is 0.467. The zero-order valence-corrected chi connectivity index (χ0v) is 14.0. The summed E-state index contributed by atoms with van der Waals surface area (Å²) in [5.74, 6) is -0.808. The minimum absolute atomic E-state index is 0.117. The van der Waals surface area contributed by atoms with Crippen LogP contribution in [0, 0.1) is 0 Å². The third-order valence-corrected chi connectivity index (χ3v) is 4.42. The number of nitrogens with zero attached hydrogens (tertiary/aromatic N) is 1. The van der Waals surface area contributed by atoms with Crippen LogP contribution in [0.4, 0.5) is 0 Å². The molecule has 24 heavy (non-hydrogen) atoms. The van der Waals surface area contributed by atoms with Crippen LogP contribution in [-0.4, -0.2) is 16.8 Å². The number of ether oxygens (including phenoxy) is 1. The summed E-state index contributed by atoms with van der Waals surface area (Å²) in [6, 6.07) is 15.0. The molecule has 0 saturated carbocycles. The molecular weight excluding hydrogens is 326 g/mol. The molecule has 2 aromatic carbocycles. The van der Waals surface area contributed by atoms with Crippen molar-refractivity contribution in [2.24, 2.45) is 0 Å². The molecule has 0 fully saturated rings. The molecule has 0 aliphatic heterocycles. The summed E-state index contributed by atoms with van der Waals surface area (Å²) in [6.07, 6.45) is 2.13. The third kappa shape index (κ3) is 3.71. The summed E-state index contributed by atoms with van der Waals surface area (Å²) in [5, 5.41) is 0. The Balaban J connectivity index is 1.57. The van der Waals surface area contributed by atoms with Crippen LogP contribution in [0.3, 0.4) is 0 Å². The minimum Gasteiger partial charge on any atom is -0.461 e. The van der Waals surface area contributed by atoms with E-state index in [0.29, 0.717) is 11.1 Å². The van der Waals surface area contributed by atoms with Gasteiger partial charge in [-0.3, -0.25) is 9.36 Å². The summed E-state index contributed by atoms with van der Waals surface area (Å²) in [5.41, 5.74) is 2.14. The van der Waals surface area contributed by atoms with E-state index in [-0.39, 0.29) is 25.5 Å². The molecule has 0 aliphatic carbocycles. The number of hydrogen-bond acceptors (Lipinski definition) is 5. The Hall–Kier alpha value is -2.47. The molecule has 5 nitrogen and oxygen atoms in total. The van der Waals surface area contributed by atoms with Crippen molar-refractivity contribution in [3.05, 3.63) is 64.6 Å². The second-order valence-electron chi connectivity index (χ2n) is 5.25. The monoisotopic (exact) mass is 343 g/mol. The van der Waals surface area contributed by atoms with E-state index < -0.39 is 5.76 Å². The first-order valence-corrected chi connectivity index (χ1v) is 8.77. The Kier molecular flexibility index (Phi) is 5.05. The molecule has 6 heteroatoms. The summed E-state index contributed by atoms with van der Waals surface area (Å²) in [4.78, 5) is 24.9. The first-order valence-electron chi connectivity index (χ1n) is 7.54. The second kappa shape index (κ2) is 7.40. The lowest BCUT2D eigenvalue weighted by molar-refractivity contribution is -0.145. The zero-order chi connectivity index (χ0) is 16.9. The molecular formula is C18H17NO4S. The van der Waals surface area contributed by atoms with Crippen molar-refractivity contribution < 1.29 is 13.9 Å². The van der Waals surface area contributed by atoms with Gasteiger partial charge in [-0.1, -0.05) is 24.3 Å². The number of carbonyl (C=O) groups excluding carboxylic acids is 1. The fraction of sp³-hybridized carbons (Fsp3) is 0.222. The number of carbonyl (C=O) groups is 1. The molecule has 0 bridgehead atoms. The molecule has 0 saturated heterocycles. The van der Waals surface area contributed by atoms with Gasteiger partial charge < -0.3 is 9.15 Å². The maximum Gasteiger partial charge on any atom is 0.419 e. The van der Waals surface area contributed by atoms with Crippen LogP contribution < -0.4 is 5.76 Å². The van der Waals surface area contributed by atoms with Crippen molar-refractivity contribution in [1.82, 2.24) is 4.57 Å². The van der Waals surface area contributed by atoms with Crippen LogP contribution in [0.25, 0.3) is 11.1 Å². The third-order valence-electron chi connectivity index (χ3n) is 3.67. The fourth-order valence-electron chi connectivity index (χ4n) is 2.39. The van der Waals surface area contributed by atoms with Crippen LogP contribution in [-0.2, 0) is 22.7 Å². The summed E-state index contributed by atoms with van der Waals surface area (Å²) < 4.78 is 11.8. The second-order valence-corrected chi connectivity index (χ2v) is 6.13. The number of oxazole rings is 1. The van der Waals surface area contributed by atoms with Crippen molar-refractivity contribution in [2.75, 3.05) is 6.26 Å². The average molecular weight is 343 g/mol. The van der Waals surface area contributed by atoms with E-state index in [1.54, 1.807) is 30.0 Å². The lowest BCUT2D eigenvalue weighted by Crippen LogP contribution is -2.17. The molecule has 0 atom stereocenters. The van der Waals surface area contributed by atoms with Crippen molar-refractivity contribution in [3.63, 3.8) is 0 Å². The first-order chi connectivity index (χ1) is 11.7. The lowest BCUT2D eigenvalue weighted by atomic mass is 10.2. The molecule has 0 aliphatic rings. The Morgan fingerprint density at radius 2 is 1.92 bits per heavy atom. The van der Waals surface area contributed by atoms with E-state index in [1.807, 2.05) is 36.6 Å². The summed E-state index contributed by atoms with van der Waals surface area (Å²) in [7, 11) is 0. The van der Waals surface area contributed by atoms with Crippen LogP contribution in [0.1, 0.15) is 12.0 Å². The van der Waals surface area contributed by atoms with Crippen LogP contribution in [0.2, 0.25) is 0 Å². The van der Waals surface area contributed by atoms with E-state index in [9.17, 15) is 9.59 Å². The Bertz CT molecular complexity index is 895. The van der Waals surface area contributed by atoms with Gasteiger partial charge in [0, 0.05) is 11.4 Å². The molecule has 1 heterocycles. The van der Waals surface area contributed by atoms with Gasteiger partial charge >= 0.3 is 11.7 Å². The van der Waals surface area contributed by atoms with Crippen LogP contribution >= 0.6 is 11.8 Å². The highest BCUT2D eigenvalue weighted by molar-refractivity contribution is 7.98. The average Bonchev–Trinajstić information content (AvgIpc) is 2.93. The smallest absolute Gasteiger partial charge is 0.419 e. The Morgan fingerprint density at radius 3 is 2.67 bits per heavy atom. The molecule has 0 spiro atoms. The molecule has 3 rings (SSSR count). The predicted molar refractivity (Wildman–Crippen MR) is 93.1 cm³/mol. The van der Waals surface area contributed by atoms with Crippen molar-refractivity contribution >= 4 is 28.8 Å². The van der Waals surface area contributed by atoms with Crippen LogP contribution in [0.5, 0.6) is 0 Å². The van der Waals surface area contributed by atoms with Gasteiger partial charge in [-0.05, 0) is 36.1 Å². The molecule has 0 unspecified atom stereocenters. The molecule has 3 aromatic rings. The number of benzene rings is 2. The van der Waals surface area contributed by atoms with E-state index in [0.717, 1.165) is 10.5 Å². The Labute approximate surface area is 143 Å². The quantitative estimate of drug-likeness (QED) is 0.507. The highest BCUT2D eigenvalue weighted by atomic mass is 32.2. The van der Waals surface area contributed by atoms with E-state index >= 15 is 0 Å². The van der Waals surface area contributed by atoms with Gasteiger partial charge in [0.05, 0.1) is 11.9 Å². The van der Waals surface area contributed by atoms with Crippen molar-refractivity contribution in [1.29, 1.82) is 0 Å². The predicted octanol–water partition coefficient (Wildman–Crippen LogP) is 3.45. The number of rotatable bonds is 6. The van der Waals surface area contributed by atoms with E-state index in [4.69, 9.17) is 9.15 Å². The standard InChI is InChI=1S/C18H17NO4S/c1-24-14-8-6-13(7-9-14)12-22-17(20)10-11-19-15-4-2-3-5-16(15)23-18(19)21/h2-9H,10-12H2,1H3. The zero-order valence-electron chi connectivity index (χ0n) is 13.2. The van der Waals surface area contributed by atoms with E-state index in [1.165, 1.54) is 4.57 Å². The number of para-hydroxylation sites is 2. The van der Waals surface area contributed by atoms with Crippen molar-refractivity contribution in [3.8, 4) is 0 Å². The largest absolute Gasteiger partial charge is 0.461 e. The Morgan fingerprint density at radius 1 is 1.17 bits per heavy atom. The maximum atomic E-state index is 11.9. The lowest BCUT2D eigenvalue weighted by Gasteiger charge is -2.06. The highest BCUT2D eigenvalue weighted by Crippen LogP contribution is 2.16. The van der Waals surface area contributed by atoms with E-state index in [2.05, 4.69) is 0 Å². The maximum absolute atomic E-state index is 11.9. The summed E-state index contributed by atoms with van der Waals surface area (Å²) >= 11 is 1.66. The number of fused-ring (bicyclic) bond motifs is 1. The SMILES string of the molecule is CSc1ccc(COC(=O)CCn2c(=O)oc3ccccc32)cc1. The van der Waals surface area contributed by atoms with Gasteiger partial charge in [0.25, 0.3) is 0 Å². The van der Waals surface area contributed by atoms with Crippen LogP contribution in [0.15, 0.2) is 62.6 Å². The topological polar surface area (TPSA) is 61.4 Å². The van der Waals surface area contributed by atoms with Gasteiger partial charge in [0.1, 0.15) is 6.61 Å². The first kappa shape index (κ1) is 16.4. The highest BCUT2D eigenvalue weighted by Gasteiger charge is 2.11. The molecule has 1 aromatic heterocycles. The van der Waals surface area contributed by atoms with Gasteiger partial charge in [-0.25, -0.2) is 4.79 Å². The number of esters is 1. The fourth-order valence-corrected chi connectivity index (χ4v) is 2.79. The number of thioether (sulfide) groups is 1. The van der Waals surface area contributed by atoms with Crippen molar-refractivity contribution in [2.45, 2.75) is 24.5 Å². The number of aromatic nitrogens is 1. The number of hydrogen-bond donors (Lipinski definition) is 0. The van der Waals surface area contributed by atoms with Gasteiger partial charge in [-0.15, -0.1) is 11.8 Å². The number of aryl methyl sites for hydroxylation is 1. The molecule has 0 radical (unpaired) electrons.